The van der Waals surface area contributed by atoms with Gasteiger partial charge in [-0.2, -0.15) is 0 Å². The summed E-state index contributed by atoms with van der Waals surface area (Å²) in [7, 11) is -3.23. The quantitative estimate of drug-likeness (QED) is 0.256. The van der Waals surface area contributed by atoms with Gasteiger partial charge in [0.05, 0.1) is 10.6 Å². The Labute approximate surface area is 175 Å². The molecule has 0 bridgehead atoms. The zero-order valence-corrected chi connectivity index (χ0v) is 18.2. The lowest BCUT2D eigenvalue weighted by Gasteiger charge is -2.22. The fourth-order valence-electron chi connectivity index (χ4n) is 3.54. The Morgan fingerprint density at radius 2 is 1.17 bits per heavy atom. The van der Waals surface area contributed by atoms with Crippen LogP contribution in [-0.2, 0) is 11.0 Å². The highest BCUT2D eigenvalue weighted by atomic mass is 31.2. The monoisotopic (exact) mass is 406 g/mol. The molecule has 0 aliphatic rings. The summed E-state index contributed by atoms with van der Waals surface area (Å²) in [5.74, 6) is 0.733. The third kappa shape index (κ3) is 5.84. The van der Waals surface area contributed by atoms with Gasteiger partial charge in [0, 0.05) is 0 Å². The molecule has 3 heteroatoms. The molecular formula is C26H31O2P. The van der Waals surface area contributed by atoms with Crippen LogP contribution in [0.1, 0.15) is 51.0 Å². The van der Waals surface area contributed by atoms with E-state index in [-0.39, 0.29) is 0 Å². The summed E-state index contributed by atoms with van der Waals surface area (Å²) in [5.41, 5.74) is 1.13. The van der Waals surface area contributed by atoms with Crippen LogP contribution in [0.3, 0.4) is 0 Å². The molecule has 3 aromatic carbocycles. The fourth-order valence-corrected chi connectivity index (χ4v) is 5.63. The van der Waals surface area contributed by atoms with E-state index in [2.05, 4.69) is 13.0 Å². The molecule has 2 nitrogen and oxygen atoms in total. The van der Waals surface area contributed by atoms with Crippen molar-refractivity contribution in [2.24, 2.45) is 0 Å². The summed E-state index contributed by atoms with van der Waals surface area (Å²) in [6.07, 6.45) is 8.48. The van der Waals surface area contributed by atoms with Crippen molar-refractivity contribution in [2.45, 2.75) is 51.9 Å². The summed E-state index contributed by atoms with van der Waals surface area (Å²) >= 11 is 0. The van der Waals surface area contributed by atoms with Gasteiger partial charge in [-0.1, -0.05) is 93.6 Å². The average molecular weight is 407 g/mol. The summed E-state index contributed by atoms with van der Waals surface area (Å²) in [4.78, 5) is 0. The van der Waals surface area contributed by atoms with Gasteiger partial charge in [0.1, 0.15) is 5.75 Å². The molecule has 0 radical (unpaired) electrons. The van der Waals surface area contributed by atoms with Gasteiger partial charge in [-0.3, -0.25) is 4.57 Å². The van der Waals surface area contributed by atoms with Crippen LogP contribution in [0.25, 0.3) is 0 Å². The van der Waals surface area contributed by atoms with Crippen LogP contribution in [0.5, 0.6) is 5.75 Å². The second-order valence-corrected chi connectivity index (χ2v) is 9.76. The molecule has 0 fully saturated rings. The molecule has 152 valence electrons. The smallest absolute Gasteiger partial charge is 0.306 e. The zero-order chi connectivity index (χ0) is 20.4. The number of aryl methyl sites for hydroxylation is 1. The van der Waals surface area contributed by atoms with Crippen molar-refractivity contribution >= 4 is 18.0 Å². The minimum Gasteiger partial charge on any atom is -0.437 e. The highest BCUT2D eigenvalue weighted by Gasteiger charge is 2.30. The molecule has 0 amide bonds. The lowest BCUT2D eigenvalue weighted by Crippen LogP contribution is -2.20. The average Bonchev–Trinajstić information content (AvgIpc) is 2.78. The second kappa shape index (κ2) is 11.0. The highest BCUT2D eigenvalue weighted by Crippen LogP contribution is 2.46. The molecule has 0 unspecified atom stereocenters. The summed E-state index contributed by atoms with van der Waals surface area (Å²) in [5, 5.41) is 1.45. The number of hydrogen-bond donors (Lipinski definition) is 0. The third-order valence-electron chi connectivity index (χ3n) is 5.19. The zero-order valence-electron chi connectivity index (χ0n) is 17.3. The van der Waals surface area contributed by atoms with Gasteiger partial charge in [0.25, 0.3) is 0 Å². The van der Waals surface area contributed by atoms with E-state index < -0.39 is 7.37 Å². The second-order valence-electron chi connectivity index (χ2n) is 7.44. The van der Waals surface area contributed by atoms with Crippen LogP contribution < -0.4 is 15.1 Å². The van der Waals surface area contributed by atoms with Crippen LogP contribution in [0, 0.1) is 0 Å². The van der Waals surface area contributed by atoms with Crippen LogP contribution in [0.4, 0.5) is 0 Å². The summed E-state index contributed by atoms with van der Waals surface area (Å²) in [6, 6.07) is 27.1. The van der Waals surface area contributed by atoms with Crippen molar-refractivity contribution in [1.82, 2.24) is 0 Å². The Morgan fingerprint density at radius 1 is 0.655 bits per heavy atom. The number of para-hydroxylation sites is 1. The van der Waals surface area contributed by atoms with E-state index in [0.29, 0.717) is 0 Å². The predicted molar refractivity (Wildman–Crippen MR) is 124 cm³/mol. The van der Waals surface area contributed by atoms with Crippen molar-refractivity contribution in [3.63, 3.8) is 0 Å². The number of benzene rings is 3. The van der Waals surface area contributed by atoms with E-state index in [0.717, 1.165) is 34.8 Å². The van der Waals surface area contributed by atoms with E-state index in [4.69, 9.17) is 4.52 Å². The molecule has 0 saturated carbocycles. The first kappa shape index (κ1) is 21.4. The standard InChI is InChI=1S/C26H31O2P/c1-2-3-4-5-6-9-16-23-17-14-15-22-26(23)28-29(27,24-18-10-7-11-19-24)25-20-12-8-13-21-25/h7-8,10-15,17-22H,2-6,9,16H2,1H3. The van der Waals surface area contributed by atoms with Crippen LogP contribution in [0.15, 0.2) is 84.9 Å². The summed E-state index contributed by atoms with van der Waals surface area (Å²) < 4.78 is 20.5. The van der Waals surface area contributed by atoms with E-state index in [1.807, 2.05) is 78.9 Å². The van der Waals surface area contributed by atoms with Gasteiger partial charge in [0.15, 0.2) is 0 Å². The summed E-state index contributed by atoms with van der Waals surface area (Å²) in [6.45, 7) is 2.24. The first-order valence-corrected chi connectivity index (χ1v) is 12.4. The minimum absolute atomic E-state index is 0.723. The van der Waals surface area contributed by atoms with Crippen LogP contribution in [0.2, 0.25) is 0 Å². The Morgan fingerprint density at radius 3 is 1.79 bits per heavy atom. The van der Waals surface area contributed by atoms with Crippen LogP contribution >= 0.6 is 7.37 Å². The molecule has 3 aromatic rings. The molecule has 29 heavy (non-hydrogen) atoms. The maximum Gasteiger partial charge on any atom is 0.306 e. The third-order valence-corrected chi connectivity index (χ3v) is 7.60. The largest absolute Gasteiger partial charge is 0.437 e. The lowest BCUT2D eigenvalue weighted by atomic mass is 10.0. The number of unbranched alkanes of at least 4 members (excludes halogenated alkanes) is 5. The van der Waals surface area contributed by atoms with Gasteiger partial charge in [-0.15, -0.1) is 0 Å². The molecule has 0 aromatic heterocycles. The first-order chi connectivity index (χ1) is 14.2. The molecule has 0 aliphatic heterocycles. The molecule has 0 atom stereocenters. The van der Waals surface area contributed by atoms with Crippen molar-refractivity contribution in [3.05, 3.63) is 90.5 Å². The van der Waals surface area contributed by atoms with Gasteiger partial charge < -0.3 is 4.52 Å². The van der Waals surface area contributed by atoms with E-state index in [1.54, 1.807) is 0 Å². The molecule has 0 N–H and O–H groups in total. The van der Waals surface area contributed by atoms with Gasteiger partial charge in [0.2, 0.25) is 0 Å². The van der Waals surface area contributed by atoms with Crippen molar-refractivity contribution in [1.29, 1.82) is 0 Å². The molecule has 0 saturated heterocycles. The Bertz CT molecular complexity index is 863. The molecule has 0 heterocycles. The van der Waals surface area contributed by atoms with Crippen molar-refractivity contribution in [3.8, 4) is 5.75 Å². The number of hydrogen-bond acceptors (Lipinski definition) is 2. The van der Waals surface area contributed by atoms with Crippen molar-refractivity contribution in [2.75, 3.05) is 0 Å². The van der Waals surface area contributed by atoms with Gasteiger partial charge >= 0.3 is 7.37 Å². The molecular weight excluding hydrogens is 375 g/mol. The maximum absolute atomic E-state index is 14.2. The predicted octanol–water partition coefficient (Wildman–Crippen LogP) is 6.90. The van der Waals surface area contributed by atoms with Crippen LogP contribution in [-0.4, -0.2) is 0 Å². The Kier molecular flexibility index (Phi) is 8.14. The Hall–Kier alpha value is -2.31. The lowest BCUT2D eigenvalue weighted by molar-refractivity contribution is 0.498. The topological polar surface area (TPSA) is 26.3 Å². The fraction of sp³-hybridized carbons (Fsp3) is 0.308. The number of rotatable bonds is 11. The van der Waals surface area contributed by atoms with Gasteiger partial charge in [-0.05, 0) is 48.7 Å². The van der Waals surface area contributed by atoms with E-state index in [1.165, 1.54) is 32.1 Å². The van der Waals surface area contributed by atoms with Gasteiger partial charge in [-0.25, -0.2) is 0 Å². The SMILES string of the molecule is CCCCCCCCc1ccccc1OP(=O)(c1ccccc1)c1ccccc1. The normalized spacial score (nSPS) is 11.3. The molecule has 0 spiro atoms. The molecule has 0 aliphatic carbocycles. The minimum atomic E-state index is -3.23. The Balaban J connectivity index is 1.81. The first-order valence-electron chi connectivity index (χ1n) is 10.7. The van der Waals surface area contributed by atoms with Crippen molar-refractivity contribution < 1.29 is 9.09 Å². The van der Waals surface area contributed by atoms with E-state index in [9.17, 15) is 4.57 Å². The maximum atomic E-state index is 14.2. The highest BCUT2D eigenvalue weighted by molar-refractivity contribution is 7.74. The molecule has 3 rings (SSSR count). The van der Waals surface area contributed by atoms with E-state index >= 15 is 0 Å².